The second-order valence-electron chi connectivity index (χ2n) is 5.54. The van der Waals surface area contributed by atoms with Gasteiger partial charge in [0.15, 0.2) is 0 Å². The van der Waals surface area contributed by atoms with Crippen LogP contribution in [0.2, 0.25) is 0 Å². The van der Waals surface area contributed by atoms with Crippen LogP contribution >= 0.6 is 0 Å². The Hall–Kier alpha value is -3.25. The summed E-state index contributed by atoms with van der Waals surface area (Å²) in [6, 6.07) is 16.2. The first-order chi connectivity index (χ1) is 12.0. The number of nitro benzene ring substituents is 1. The van der Waals surface area contributed by atoms with Crippen LogP contribution in [0.4, 0.5) is 5.69 Å². The Morgan fingerprint density at radius 1 is 1.04 bits per heavy atom. The van der Waals surface area contributed by atoms with Crippen molar-refractivity contribution in [2.24, 2.45) is 0 Å². The highest BCUT2D eigenvalue weighted by Gasteiger charge is 2.22. The molecule has 0 aromatic heterocycles. The highest BCUT2D eigenvalue weighted by Crippen LogP contribution is 2.33. The van der Waals surface area contributed by atoms with E-state index in [1.165, 1.54) is 19.2 Å². The van der Waals surface area contributed by atoms with Crippen LogP contribution in [0.3, 0.4) is 0 Å². The molecule has 0 aliphatic carbocycles. The minimum absolute atomic E-state index is 0.0869. The predicted octanol–water partition coefficient (Wildman–Crippen LogP) is 4.44. The van der Waals surface area contributed by atoms with Gasteiger partial charge in [-0.3, -0.25) is 15.0 Å². The number of benzene rings is 3. The van der Waals surface area contributed by atoms with Gasteiger partial charge in [-0.2, -0.15) is 4.89 Å². The molecule has 0 unspecified atom stereocenters. The largest absolute Gasteiger partial charge is 0.373 e. The van der Waals surface area contributed by atoms with Gasteiger partial charge in [0.2, 0.25) is 0 Å². The molecule has 0 atom stereocenters. The highest BCUT2D eigenvalue weighted by molar-refractivity contribution is 6.00. The van der Waals surface area contributed by atoms with E-state index < -0.39 is 10.9 Å². The molecule has 25 heavy (non-hydrogen) atoms. The second kappa shape index (κ2) is 6.70. The van der Waals surface area contributed by atoms with Crippen molar-refractivity contribution in [1.29, 1.82) is 0 Å². The first-order valence-corrected chi connectivity index (χ1v) is 7.54. The minimum atomic E-state index is -0.780. The van der Waals surface area contributed by atoms with Crippen molar-refractivity contribution in [2.75, 3.05) is 7.11 Å². The lowest BCUT2D eigenvalue weighted by Crippen LogP contribution is -2.08. The summed E-state index contributed by atoms with van der Waals surface area (Å²) in [5, 5.41) is 13.2. The molecule has 0 saturated carbocycles. The van der Waals surface area contributed by atoms with Gasteiger partial charge in [-0.1, -0.05) is 36.4 Å². The number of carbonyl (C=O) groups excluding carboxylic acids is 1. The Morgan fingerprint density at radius 2 is 1.76 bits per heavy atom. The third kappa shape index (κ3) is 3.20. The molecular formula is C19H15NO5. The average molecular weight is 337 g/mol. The summed E-state index contributed by atoms with van der Waals surface area (Å²) >= 11 is 0. The van der Waals surface area contributed by atoms with E-state index in [4.69, 9.17) is 0 Å². The molecular weight excluding hydrogens is 322 g/mol. The molecule has 0 radical (unpaired) electrons. The number of carbonyl (C=O) groups is 1. The van der Waals surface area contributed by atoms with Gasteiger partial charge in [0.1, 0.15) is 0 Å². The Labute approximate surface area is 143 Å². The predicted molar refractivity (Wildman–Crippen MR) is 93.2 cm³/mol. The number of rotatable bonds is 4. The molecule has 0 aliphatic heterocycles. The number of hydrogen-bond acceptors (Lipinski definition) is 5. The highest BCUT2D eigenvalue weighted by atomic mass is 17.2. The van der Waals surface area contributed by atoms with E-state index in [-0.39, 0.29) is 11.3 Å². The van der Waals surface area contributed by atoms with Crippen molar-refractivity contribution < 1.29 is 19.5 Å². The van der Waals surface area contributed by atoms with E-state index in [9.17, 15) is 14.9 Å². The fourth-order valence-corrected chi connectivity index (χ4v) is 2.88. The minimum Gasteiger partial charge on any atom is -0.293 e. The van der Waals surface area contributed by atoms with Gasteiger partial charge in [-0.15, -0.1) is 0 Å². The van der Waals surface area contributed by atoms with Gasteiger partial charge in [-0.05, 0) is 40.5 Å². The van der Waals surface area contributed by atoms with Crippen LogP contribution in [0.15, 0.2) is 54.6 Å². The second-order valence-corrected chi connectivity index (χ2v) is 5.54. The number of fused-ring (bicyclic) bond motifs is 1. The van der Waals surface area contributed by atoms with Crippen molar-refractivity contribution in [2.45, 2.75) is 6.92 Å². The zero-order valence-electron chi connectivity index (χ0n) is 13.7. The van der Waals surface area contributed by atoms with Gasteiger partial charge >= 0.3 is 5.97 Å². The van der Waals surface area contributed by atoms with E-state index in [0.29, 0.717) is 11.1 Å². The van der Waals surface area contributed by atoms with Crippen LogP contribution in [0.25, 0.3) is 21.9 Å². The van der Waals surface area contributed by atoms with Crippen molar-refractivity contribution in [1.82, 2.24) is 0 Å². The molecule has 126 valence electrons. The number of nitrogens with zero attached hydrogens (tertiary/aromatic N) is 1. The van der Waals surface area contributed by atoms with Gasteiger partial charge in [0.05, 0.1) is 17.6 Å². The maximum Gasteiger partial charge on any atom is 0.373 e. The third-order valence-electron chi connectivity index (χ3n) is 3.95. The van der Waals surface area contributed by atoms with Crippen LogP contribution in [-0.4, -0.2) is 18.0 Å². The first kappa shape index (κ1) is 16.6. The van der Waals surface area contributed by atoms with Crippen molar-refractivity contribution in [3.63, 3.8) is 0 Å². The lowest BCUT2D eigenvalue weighted by atomic mass is 9.92. The normalized spacial score (nSPS) is 10.6. The van der Waals surface area contributed by atoms with E-state index in [1.807, 2.05) is 42.5 Å². The summed E-state index contributed by atoms with van der Waals surface area (Å²) < 4.78 is 0. The topological polar surface area (TPSA) is 78.7 Å². The molecule has 6 nitrogen and oxygen atoms in total. The number of non-ortho nitro benzene ring substituents is 1. The standard InChI is InChI=1S/C19H15NO5/c1-12-9-16(20(22)23)11-17(19(21)25-24-2)18(12)15-8-7-13-5-3-4-6-14(13)10-15/h3-11H,1-2H3. The summed E-state index contributed by atoms with van der Waals surface area (Å²) in [4.78, 5) is 31.9. The van der Waals surface area contributed by atoms with Gasteiger partial charge in [0.25, 0.3) is 5.69 Å². The molecule has 0 saturated heterocycles. The molecule has 0 N–H and O–H groups in total. The van der Waals surface area contributed by atoms with Gasteiger partial charge < -0.3 is 0 Å². The fraction of sp³-hybridized carbons (Fsp3) is 0.105. The van der Waals surface area contributed by atoms with Crippen molar-refractivity contribution in [3.8, 4) is 11.1 Å². The zero-order valence-corrected chi connectivity index (χ0v) is 13.7. The molecule has 0 fully saturated rings. The lowest BCUT2D eigenvalue weighted by molar-refractivity contribution is -0.384. The summed E-state index contributed by atoms with van der Waals surface area (Å²) in [6.07, 6.45) is 0. The SMILES string of the molecule is COOC(=O)c1cc([N+](=O)[O-])cc(C)c1-c1ccc2ccccc2c1. The lowest BCUT2D eigenvalue weighted by Gasteiger charge is -2.12. The summed E-state index contributed by atoms with van der Waals surface area (Å²) in [6.45, 7) is 1.72. The van der Waals surface area contributed by atoms with Crippen LogP contribution in [0.5, 0.6) is 0 Å². The van der Waals surface area contributed by atoms with Crippen LogP contribution in [0.1, 0.15) is 15.9 Å². The Kier molecular flexibility index (Phi) is 4.45. The number of aryl methyl sites for hydroxylation is 1. The fourth-order valence-electron chi connectivity index (χ4n) is 2.88. The van der Waals surface area contributed by atoms with E-state index in [1.54, 1.807) is 6.92 Å². The van der Waals surface area contributed by atoms with Crippen LogP contribution in [0, 0.1) is 17.0 Å². The molecule has 0 bridgehead atoms. The molecule has 6 heteroatoms. The van der Waals surface area contributed by atoms with Crippen LogP contribution < -0.4 is 0 Å². The van der Waals surface area contributed by atoms with E-state index in [2.05, 4.69) is 9.78 Å². The monoisotopic (exact) mass is 337 g/mol. The maximum absolute atomic E-state index is 12.3. The Balaban J connectivity index is 2.25. The van der Waals surface area contributed by atoms with E-state index >= 15 is 0 Å². The molecule has 3 aromatic rings. The molecule has 0 heterocycles. The number of nitro groups is 1. The quantitative estimate of drug-likeness (QED) is 0.399. The molecule has 3 aromatic carbocycles. The zero-order chi connectivity index (χ0) is 18.0. The molecule has 3 rings (SSSR count). The molecule has 0 aliphatic rings. The molecule has 0 amide bonds. The molecule has 0 spiro atoms. The summed E-state index contributed by atoms with van der Waals surface area (Å²) in [5.41, 5.74) is 1.87. The average Bonchev–Trinajstić information content (AvgIpc) is 2.60. The first-order valence-electron chi connectivity index (χ1n) is 7.54. The smallest absolute Gasteiger partial charge is 0.293 e. The van der Waals surface area contributed by atoms with Crippen molar-refractivity contribution in [3.05, 3.63) is 75.8 Å². The summed E-state index contributed by atoms with van der Waals surface area (Å²) in [5.74, 6) is -0.780. The van der Waals surface area contributed by atoms with E-state index in [0.717, 1.165) is 16.3 Å². The number of hydrogen-bond donors (Lipinski definition) is 0. The Bertz CT molecular complexity index is 981. The maximum atomic E-state index is 12.3. The third-order valence-corrected chi connectivity index (χ3v) is 3.95. The summed E-state index contributed by atoms with van der Waals surface area (Å²) in [7, 11) is 1.21. The van der Waals surface area contributed by atoms with Crippen molar-refractivity contribution >= 4 is 22.4 Å². The van der Waals surface area contributed by atoms with Gasteiger partial charge in [0, 0.05) is 12.1 Å². The Morgan fingerprint density at radius 3 is 2.44 bits per heavy atom. The van der Waals surface area contributed by atoms with Crippen LogP contribution in [-0.2, 0) is 9.78 Å². The van der Waals surface area contributed by atoms with Gasteiger partial charge in [-0.25, -0.2) is 4.79 Å².